The lowest BCUT2D eigenvalue weighted by molar-refractivity contribution is 0.401. The first-order valence-electron chi connectivity index (χ1n) is 7.82. The Bertz CT molecular complexity index is 433. The number of nitrogens with one attached hydrogen (secondary N) is 1. The Kier molecular flexibility index (Phi) is 5.30. The molecule has 1 aromatic carbocycles. The van der Waals surface area contributed by atoms with Gasteiger partial charge in [0.2, 0.25) is 0 Å². The number of hydrogen-bond donors (Lipinski definition) is 1. The SMILES string of the molecule is CCCNC(C)c1c(OC)cccc1N1CCC(C)C1. The normalized spacial score (nSPS) is 20.2. The minimum absolute atomic E-state index is 0.317. The predicted molar refractivity (Wildman–Crippen MR) is 85.7 cm³/mol. The smallest absolute Gasteiger partial charge is 0.125 e. The van der Waals surface area contributed by atoms with Gasteiger partial charge in [-0.25, -0.2) is 0 Å². The van der Waals surface area contributed by atoms with Crippen LogP contribution in [0.2, 0.25) is 0 Å². The lowest BCUT2D eigenvalue weighted by Crippen LogP contribution is -2.25. The fraction of sp³-hybridized carbons (Fsp3) is 0.647. The van der Waals surface area contributed by atoms with Gasteiger partial charge in [-0.2, -0.15) is 0 Å². The molecule has 3 nitrogen and oxygen atoms in total. The maximum Gasteiger partial charge on any atom is 0.125 e. The highest BCUT2D eigenvalue weighted by Crippen LogP contribution is 2.36. The Balaban J connectivity index is 2.30. The first-order chi connectivity index (χ1) is 9.67. The lowest BCUT2D eigenvalue weighted by atomic mass is 10.0. The van der Waals surface area contributed by atoms with E-state index in [4.69, 9.17) is 4.74 Å². The van der Waals surface area contributed by atoms with E-state index >= 15 is 0 Å². The van der Waals surface area contributed by atoms with E-state index < -0.39 is 0 Å². The van der Waals surface area contributed by atoms with E-state index in [9.17, 15) is 0 Å². The number of benzene rings is 1. The molecule has 0 amide bonds. The lowest BCUT2D eigenvalue weighted by Gasteiger charge is -2.27. The van der Waals surface area contributed by atoms with Gasteiger partial charge in [0, 0.05) is 30.4 Å². The van der Waals surface area contributed by atoms with E-state index in [1.165, 1.54) is 17.7 Å². The van der Waals surface area contributed by atoms with Crippen LogP contribution in [-0.4, -0.2) is 26.7 Å². The Morgan fingerprint density at radius 3 is 2.85 bits per heavy atom. The Morgan fingerprint density at radius 1 is 1.45 bits per heavy atom. The van der Waals surface area contributed by atoms with Crippen LogP contribution in [0.5, 0.6) is 5.75 Å². The summed E-state index contributed by atoms with van der Waals surface area (Å²) in [7, 11) is 1.77. The molecule has 0 aliphatic carbocycles. The second-order valence-corrected chi connectivity index (χ2v) is 5.91. The second kappa shape index (κ2) is 6.98. The predicted octanol–water partition coefficient (Wildman–Crippen LogP) is 3.60. The summed E-state index contributed by atoms with van der Waals surface area (Å²) < 4.78 is 5.61. The molecule has 2 rings (SSSR count). The third-order valence-electron chi connectivity index (χ3n) is 4.16. The standard InChI is InChI=1S/C17H28N2O/c1-5-10-18-14(3)17-15(7-6-8-16(17)20-4)19-11-9-13(2)12-19/h6-8,13-14,18H,5,9-12H2,1-4H3. The molecule has 1 heterocycles. The van der Waals surface area contributed by atoms with E-state index in [0.717, 1.165) is 37.7 Å². The van der Waals surface area contributed by atoms with Gasteiger partial charge >= 0.3 is 0 Å². The molecule has 0 saturated carbocycles. The quantitative estimate of drug-likeness (QED) is 0.859. The van der Waals surface area contributed by atoms with Crippen molar-refractivity contribution in [3.05, 3.63) is 23.8 Å². The largest absolute Gasteiger partial charge is 0.496 e. The van der Waals surface area contributed by atoms with Gasteiger partial charge in [-0.1, -0.05) is 19.9 Å². The average molecular weight is 276 g/mol. The highest BCUT2D eigenvalue weighted by Gasteiger charge is 2.24. The Morgan fingerprint density at radius 2 is 2.25 bits per heavy atom. The number of anilines is 1. The van der Waals surface area contributed by atoms with Crippen LogP contribution < -0.4 is 15.0 Å². The summed E-state index contributed by atoms with van der Waals surface area (Å²) in [6.07, 6.45) is 2.43. The molecule has 2 unspecified atom stereocenters. The minimum atomic E-state index is 0.317. The first-order valence-corrected chi connectivity index (χ1v) is 7.82. The molecule has 1 aromatic rings. The van der Waals surface area contributed by atoms with Gasteiger partial charge in [-0.15, -0.1) is 0 Å². The van der Waals surface area contributed by atoms with Gasteiger partial charge in [-0.3, -0.25) is 0 Å². The van der Waals surface area contributed by atoms with Crippen molar-refractivity contribution in [1.82, 2.24) is 5.32 Å². The molecule has 3 heteroatoms. The van der Waals surface area contributed by atoms with E-state index in [2.05, 4.69) is 49.2 Å². The molecule has 1 N–H and O–H groups in total. The zero-order valence-corrected chi connectivity index (χ0v) is 13.3. The highest BCUT2D eigenvalue weighted by molar-refractivity contribution is 5.61. The molecule has 112 valence electrons. The van der Waals surface area contributed by atoms with Crippen LogP contribution in [0.1, 0.15) is 45.2 Å². The van der Waals surface area contributed by atoms with Gasteiger partial charge in [0.15, 0.2) is 0 Å². The van der Waals surface area contributed by atoms with Crippen molar-refractivity contribution in [1.29, 1.82) is 0 Å². The average Bonchev–Trinajstić information content (AvgIpc) is 2.90. The van der Waals surface area contributed by atoms with Crippen LogP contribution in [-0.2, 0) is 0 Å². The minimum Gasteiger partial charge on any atom is -0.496 e. The van der Waals surface area contributed by atoms with Gasteiger partial charge in [0.1, 0.15) is 5.75 Å². The van der Waals surface area contributed by atoms with Crippen molar-refractivity contribution < 1.29 is 4.74 Å². The third-order valence-corrected chi connectivity index (χ3v) is 4.16. The number of rotatable bonds is 6. The van der Waals surface area contributed by atoms with Gasteiger partial charge in [0.25, 0.3) is 0 Å². The van der Waals surface area contributed by atoms with Crippen LogP contribution in [0.3, 0.4) is 0 Å². The Hall–Kier alpha value is -1.22. The molecule has 0 spiro atoms. The molecular weight excluding hydrogens is 248 g/mol. The summed E-state index contributed by atoms with van der Waals surface area (Å²) in [5.41, 5.74) is 2.64. The van der Waals surface area contributed by atoms with Crippen molar-refractivity contribution in [2.45, 2.75) is 39.7 Å². The zero-order valence-electron chi connectivity index (χ0n) is 13.3. The number of nitrogens with zero attached hydrogens (tertiary/aromatic N) is 1. The summed E-state index contributed by atoms with van der Waals surface area (Å²) in [5, 5.41) is 3.59. The maximum atomic E-state index is 5.61. The van der Waals surface area contributed by atoms with Gasteiger partial charge in [-0.05, 0) is 44.4 Å². The topological polar surface area (TPSA) is 24.5 Å². The van der Waals surface area contributed by atoms with E-state index in [-0.39, 0.29) is 0 Å². The van der Waals surface area contributed by atoms with E-state index in [0.29, 0.717) is 6.04 Å². The molecule has 0 aromatic heterocycles. The molecular formula is C17H28N2O. The van der Waals surface area contributed by atoms with Crippen molar-refractivity contribution in [2.24, 2.45) is 5.92 Å². The maximum absolute atomic E-state index is 5.61. The molecule has 2 atom stereocenters. The number of methoxy groups -OCH3 is 1. The second-order valence-electron chi connectivity index (χ2n) is 5.91. The number of ether oxygens (including phenoxy) is 1. The Labute approximate surface area is 123 Å². The highest BCUT2D eigenvalue weighted by atomic mass is 16.5. The van der Waals surface area contributed by atoms with Crippen LogP contribution in [0, 0.1) is 5.92 Å². The third kappa shape index (κ3) is 3.26. The fourth-order valence-electron chi connectivity index (χ4n) is 3.04. The van der Waals surface area contributed by atoms with Crippen molar-refractivity contribution in [3.63, 3.8) is 0 Å². The molecule has 20 heavy (non-hydrogen) atoms. The molecule has 1 aliphatic heterocycles. The van der Waals surface area contributed by atoms with Crippen molar-refractivity contribution in [3.8, 4) is 5.75 Å². The summed E-state index contributed by atoms with van der Waals surface area (Å²) in [6, 6.07) is 6.73. The number of hydrogen-bond acceptors (Lipinski definition) is 3. The van der Waals surface area contributed by atoms with Crippen LogP contribution in [0.4, 0.5) is 5.69 Å². The van der Waals surface area contributed by atoms with Crippen molar-refractivity contribution >= 4 is 5.69 Å². The molecule has 0 bridgehead atoms. The summed E-state index contributed by atoms with van der Waals surface area (Å²) in [4.78, 5) is 2.51. The van der Waals surface area contributed by atoms with Crippen LogP contribution in [0.25, 0.3) is 0 Å². The van der Waals surface area contributed by atoms with E-state index in [1.807, 2.05) is 0 Å². The van der Waals surface area contributed by atoms with Crippen molar-refractivity contribution in [2.75, 3.05) is 31.6 Å². The molecule has 1 aliphatic rings. The van der Waals surface area contributed by atoms with E-state index in [1.54, 1.807) is 7.11 Å². The summed E-state index contributed by atoms with van der Waals surface area (Å²) >= 11 is 0. The molecule has 1 saturated heterocycles. The van der Waals surface area contributed by atoms with Crippen LogP contribution in [0.15, 0.2) is 18.2 Å². The monoisotopic (exact) mass is 276 g/mol. The zero-order chi connectivity index (χ0) is 14.5. The summed E-state index contributed by atoms with van der Waals surface area (Å²) in [6.45, 7) is 10.1. The van der Waals surface area contributed by atoms with Gasteiger partial charge in [0.05, 0.1) is 7.11 Å². The summed E-state index contributed by atoms with van der Waals surface area (Å²) in [5.74, 6) is 1.78. The van der Waals surface area contributed by atoms with Crippen LogP contribution >= 0.6 is 0 Å². The molecule has 1 fully saturated rings. The fourth-order valence-corrected chi connectivity index (χ4v) is 3.04. The molecule has 0 radical (unpaired) electrons. The first kappa shape index (κ1) is 15.2. The van der Waals surface area contributed by atoms with Gasteiger partial charge < -0.3 is 15.0 Å².